The number of fused-ring (bicyclic) bond motifs is 1. The summed E-state index contributed by atoms with van der Waals surface area (Å²) in [5.41, 5.74) is 3.37. The first-order valence-electron chi connectivity index (χ1n) is 10.1. The van der Waals surface area contributed by atoms with E-state index in [2.05, 4.69) is 107 Å². The van der Waals surface area contributed by atoms with Gasteiger partial charge in [0.2, 0.25) is 0 Å². The number of hydrogen-bond acceptors (Lipinski definition) is 3. The molecule has 0 N–H and O–H groups in total. The number of rotatable bonds is 5. The van der Waals surface area contributed by atoms with Crippen molar-refractivity contribution in [3.63, 3.8) is 0 Å². The number of nitrogens with zero attached hydrogens (tertiary/aromatic N) is 3. The second kappa shape index (κ2) is 8.95. The van der Waals surface area contributed by atoms with E-state index in [9.17, 15) is 0 Å². The number of anilines is 2. The summed E-state index contributed by atoms with van der Waals surface area (Å²) in [6.07, 6.45) is 0. The predicted molar refractivity (Wildman–Crippen MR) is 118 cm³/mol. The van der Waals surface area contributed by atoms with Crippen LogP contribution in [0.2, 0.25) is 0 Å². The Labute approximate surface area is 182 Å². The summed E-state index contributed by atoms with van der Waals surface area (Å²) >= 11 is 0. The minimum Gasteiger partial charge on any atom is -0.511 e. The van der Waals surface area contributed by atoms with E-state index in [1.165, 1.54) is 11.4 Å². The van der Waals surface area contributed by atoms with Gasteiger partial charge >= 0.3 is 18.9 Å². The first-order chi connectivity index (χ1) is 11.8. The maximum atomic E-state index is 2.77. The maximum Gasteiger partial charge on any atom is 1.00 e. The smallest absolute Gasteiger partial charge is 0.511 e. The van der Waals surface area contributed by atoms with Gasteiger partial charge in [0.15, 0.2) is 0 Å². The summed E-state index contributed by atoms with van der Waals surface area (Å²) in [6.45, 7) is 25.7. The van der Waals surface area contributed by atoms with Crippen molar-refractivity contribution in [3.8, 4) is 0 Å². The molecule has 1 aliphatic rings. The van der Waals surface area contributed by atoms with Gasteiger partial charge in [-0.15, -0.1) is 0 Å². The number of para-hydroxylation sites is 2. The zero-order valence-corrected chi connectivity index (χ0v) is 20.7. The number of hydrogen-bond donors (Lipinski definition) is 0. The van der Waals surface area contributed by atoms with Gasteiger partial charge in [-0.3, -0.25) is 0 Å². The standard InChI is InChI=1S/C22H40N3Si.Li/c1-17(2)25(18(3)4)26-23(15-21(5,6)7)19-13-11-12-14-20(19)24(26)16-22(8,9)10;/h11-14,17-18H,15-16H2,1-10H3;/q-1;+1. The molecule has 1 aromatic carbocycles. The van der Waals surface area contributed by atoms with Crippen molar-refractivity contribution < 1.29 is 18.9 Å². The van der Waals surface area contributed by atoms with Crippen LogP contribution in [-0.4, -0.2) is 39.0 Å². The van der Waals surface area contributed by atoms with Crippen molar-refractivity contribution in [3.05, 3.63) is 24.3 Å². The van der Waals surface area contributed by atoms with Crippen LogP contribution in [0.15, 0.2) is 24.3 Å². The maximum absolute atomic E-state index is 2.77. The topological polar surface area (TPSA) is 9.72 Å². The van der Waals surface area contributed by atoms with Crippen molar-refractivity contribution in [2.45, 2.75) is 81.3 Å². The average Bonchev–Trinajstić information content (AvgIpc) is 2.70. The summed E-state index contributed by atoms with van der Waals surface area (Å²) in [7, 11) is -1.05. The zero-order chi connectivity index (χ0) is 19.9. The third-order valence-corrected chi connectivity index (χ3v) is 7.81. The Morgan fingerprint density at radius 3 is 1.37 bits per heavy atom. The summed E-state index contributed by atoms with van der Waals surface area (Å²) in [5, 5.41) is 0. The van der Waals surface area contributed by atoms with E-state index < -0.39 is 9.28 Å². The van der Waals surface area contributed by atoms with Crippen LogP contribution in [0.5, 0.6) is 0 Å². The molecule has 0 spiro atoms. The van der Waals surface area contributed by atoms with Crippen LogP contribution in [0, 0.1) is 10.8 Å². The van der Waals surface area contributed by atoms with Gasteiger partial charge in [-0.2, -0.15) is 0 Å². The number of benzene rings is 1. The summed E-state index contributed by atoms with van der Waals surface area (Å²) in [5.74, 6) is 0. The molecule has 0 radical (unpaired) electrons. The summed E-state index contributed by atoms with van der Waals surface area (Å²) in [4.78, 5) is 0. The van der Waals surface area contributed by atoms with Crippen LogP contribution in [0.25, 0.3) is 0 Å². The molecule has 3 nitrogen and oxygen atoms in total. The first kappa shape index (κ1) is 24.6. The van der Waals surface area contributed by atoms with Gasteiger partial charge in [-0.05, 0) is 48.1 Å². The molecule has 1 aromatic rings. The molecular weight excluding hydrogens is 341 g/mol. The van der Waals surface area contributed by atoms with Gasteiger partial charge in [0.05, 0.1) is 9.28 Å². The van der Waals surface area contributed by atoms with Crippen molar-refractivity contribution in [2.24, 2.45) is 10.8 Å². The molecule has 1 heterocycles. The fourth-order valence-corrected chi connectivity index (χ4v) is 7.69. The largest absolute Gasteiger partial charge is 1.00 e. The Hall–Kier alpha value is -0.406. The molecule has 0 bridgehead atoms. The molecule has 0 fully saturated rings. The van der Waals surface area contributed by atoms with E-state index in [4.69, 9.17) is 0 Å². The molecule has 0 amide bonds. The van der Waals surface area contributed by atoms with Crippen LogP contribution in [0.1, 0.15) is 69.2 Å². The van der Waals surface area contributed by atoms with Gasteiger partial charge in [-0.1, -0.05) is 81.4 Å². The predicted octanol–water partition coefficient (Wildman–Crippen LogP) is 2.51. The van der Waals surface area contributed by atoms with Crippen molar-refractivity contribution in [2.75, 3.05) is 22.2 Å². The molecule has 0 saturated heterocycles. The molecule has 0 saturated carbocycles. The van der Waals surface area contributed by atoms with Gasteiger partial charge in [-0.25, -0.2) is 0 Å². The minimum atomic E-state index is -1.05. The molecule has 0 unspecified atom stereocenters. The summed E-state index contributed by atoms with van der Waals surface area (Å²) in [6, 6.07) is 10.1. The minimum absolute atomic E-state index is 0. The fourth-order valence-electron chi connectivity index (χ4n) is 3.88. The Balaban J connectivity index is 0.00000364. The molecule has 0 aliphatic carbocycles. The van der Waals surface area contributed by atoms with Gasteiger partial charge in [0.25, 0.3) is 0 Å². The normalized spacial score (nSPS) is 15.7. The van der Waals surface area contributed by atoms with Gasteiger partial charge < -0.3 is 13.7 Å². The quantitative estimate of drug-likeness (QED) is 0.726. The second-order valence-corrected chi connectivity index (χ2v) is 12.9. The van der Waals surface area contributed by atoms with Gasteiger partial charge in [0, 0.05) is 11.4 Å². The SMILES string of the molecule is CC(C)N(C(C)C)[Si-]1N(CC(C)(C)C)c2ccccc2N1CC(C)(C)C.[Li+]. The second-order valence-electron chi connectivity index (χ2n) is 10.7. The van der Waals surface area contributed by atoms with E-state index >= 15 is 0 Å². The van der Waals surface area contributed by atoms with E-state index in [0.717, 1.165) is 13.1 Å². The van der Waals surface area contributed by atoms with E-state index in [-0.39, 0.29) is 29.7 Å². The van der Waals surface area contributed by atoms with Crippen LogP contribution >= 0.6 is 0 Å². The van der Waals surface area contributed by atoms with Crippen LogP contribution in [0.4, 0.5) is 11.4 Å². The molecule has 0 atom stereocenters. The molecule has 1 aliphatic heterocycles. The van der Waals surface area contributed by atoms with E-state index in [0.29, 0.717) is 12.1 Å². The monoisotopic (exact) mass is 381 g/mol. The Kier molecular flexibility index (Phi) is 8.16. The van der Waals surface area contributed by atoms with Crippen molar-refractivity contribution >= 4 is 20.7 Å². The van der Waals surface area contributed by atoms with E-state index in [1.807, 2.05) is 0 Å². The van der Waals surface area contributed by atoms with Crippen molar-refractivity contribution in [1.82, 2.24) is 4.57 Å². The molecule has 27 heavy (non-hydrogen) atoms. The van der Waals surface area contributed by atoms with Crippen LogP contribution in [0.3, 0.4) is 0 Å². The van der Waals surface area contributed by atoms with Crippen LogP contribution < -0.4 is 28.0 Å². The Morgan fingerprint density at radius 1 is 0.778 bits per heavy atom. The van der Waals surface area contributed by atoms with E-state index in [1.54, 1.807) is 0 Å². The summed E-state index contributed by atoms with van der Waals surface area (Å²) < 4.78 is 8.25. The average molecular weight is 382 g/mol. The van der Waals surface area contributed by atoms with Gasteiger partial charge in [0.1, 0.15) is 0 Å². The fraction of sp³-hybridized carbons (Fsp3) is 0.727. The zero-order valence-electron chi connectivity index (χ0n) is 19.7. The molecule has 148 valence electrons. The molecular formula is C22H40LiN3Si. The molecule has 0 aromatic heterocycles. The third kappa shape index (κ3) is 6.03. The third-order valence-electron chi connectivity index (χ3n) is 4.55. The molecule has 2 rings (SSSR count). The Morgan fingerprint density at radius 2 is 1.11 bits per heavy atom. The molecule has 5 heteroatoms. The Bertz CT molecular complexity index is 553. The first-order valence-corrected chi connectivity index (χ1v) is 11.5. The van der Waals surface area contributed by atoms with Crippen molar-refractivity contribution in [1.29, 1.82) is 0 Å². The van der Waals surface area contributed by atoms with Crippen LogP contribution in [-0.2, 0) is 0 Å².